The number of amides is 1. The largest absolute Gasteiger partial charge is 0.375 e. The quantitative estimate of drug-likeness (QED) is 0.567. The summed E-state index contributed by atoms with van der Waals surface area (Å²) in [6, 6.07) is 18.1. The lowest BCUT2D eigenvalue weighted by Crippen LogP contribution is -2.46. The van der Waals surface area contributed by atoms with Gasteiger partial charge in [-0.05, 0) is 35.6 Å². The molecule has 30 heavy (non-hydrogen) atoms. The molecule has 0 aliphatic carbocycles. The minimum atomic E-state index is -0.429. The summed E-state index contributed by atoms with van der Waals surface area (Å²) < 4.78 is 17.8. The second-order valence-corrected chi connectivity index (χ2v) is 8.79. The highest BCUT2D eigenvalue weighted by atomic mass is 32.2. The van der Waals surface area contributed by atoms with Crippen LogP contribution in [-0.2, 0) is 25.6 Å². The van der Waals surface area contributed by atoms with Crippen LogP contribution in [0.3, 0.4) is 0 Å². The van der Waals surface area contributed by atoms with E-state index in [1.807, 2.05) is 53.4 Å². The van der Waals surface area contributed by atoms with Crippen LogP contribution in [0.4, 0.5) is 0 Å². The van der Waals surface area contributed by atoms with Crippen molar-refractivity contribution in [3.8, 4) is 0 Å². The molecule has 0 N–H and O–H groups in total. The zero-order chi connectivity index (χ0) is 20.9. The first kappa shape index (κ1) is 21.4. The molecule has 4 rings (SSSR count). The van der Waals surface area contributed by atoms with Crippen molar-refractivity contribution < 1.29 is 19.0 Å². The number of rotatable bonds is 9. The van der Waals surface area contributed by atoms with Crippen molar-refractivity contribution in [2.45, 2.75) is 44.4 Å². The van der Waals surface area contributed by atoms with E-state index in [2.05, 4.69) is 19.2 Å². The zero-order valence-electron chi connectivity index (χ0n) is 17.5. The first-order valence-corrected chi connectivity index (χ1v) is 11.8. The molecule has 0 bridgehead atoms. The highest BCUT2D eigenvalue weighted by molar-refractivity contribution is 7.98. The maximum atomic E-state index is 13.4. The molecule has 2 aliphatic rings. The molecule has 160 valence electrons. The van der Waals surface area contributed by atoms with Crippen LogP contribution in [0.2, 0.25) is 0 Å². The molecule has 4 atom stereocenters. The van der Waals surface area contributed by atoms with E-state index in [1.54, 1.807) is 11.8 Å². The number of aryl methyl sites for hydroxylation is 1. The third-order valence-electron chi connectivity index (χ3n) is 5.66. The van der Waals surface area contributed by atoms with Gasteiger partial charge in [-0.3, -0.25) is 4.79 Å². The predicted octanol–water partition coefficient (Wildman–Crippen LogP) is 3.96. The van der Waals surface area contributed by atoms with Crippen molar-refractivity contribution in [1.29, 1.82) is 0 Å². The second-order valence-electron chi connectivity index (χ2n) is 7.80. The van der Waals surface area contributed by atoms with Crippen LogP contribution in [0, 0.1) is 6.92 Å². The molecule has 0 spiro atoms. The van der Waals surface area contributed by atoms with Crippen molar-refractivity contribution in [3.05, 3.63) is 71.3 Å². The number of hydrogen-bond donors (Lipinski definition) is 0. The van der Waals surface area contributed by atoms with Gasteiger partial charge in [-0.15, -0.1) is 0 Å². The first-order chi connectivity index (χ1) is 14.7. The predicted molar refractivity (Wildman–Crippen MR) is 118 cm³/mol. The maximum Gasteiger partial charge on any atom is 0.257 e. The minimum Gasteiger partial charge on any atom is -0.375 e. The van der Waals surface area contributed by atoms with Crippen LogP contribution in [0.5, 0.6) is 0 Å². The van der Waals surface area contributed by atoms with Crippen molar-refractivity contribution in [2.24, 2.45) is 0 Å². The van der Waals surface area contributed by atoms with E-state index in [4.69, 9.17) is 14.2 Å². The second kappa shape index (κ2) is 9.96. The Kier molecular flexibility index (Phi) is 7.10. The van der Waals surface area contributed by atoms with Gasteiger partial charge in [0.2, 0.25) is 0 Å². The monoisotopic (exact) mass is 427 g/mol. The number of benzene rings is 2. The van der Waals surface area contributed by atoms with E-state index < -0.39 is 6.10 Å². The van der Waals surface area contributed by atoms with E-state index in [-0.39, 0.29) is 24.3 Å². The lowest BCUT2D eigenvalue weighted by Gasteiger charge is -2.27. The Balaban J connectivity index is 1.41. The van der Waals surface area contributed by atoms with Gasteiger partial charge in [-0.25, -0.2) is 0 Å². The number of epoxide rings is 1. The Labute approximate surface area is 182 Å². The van der Waals surface area contributed by atoms with Gasteiger partial charge >= 0.3 is 0 Å². The molecule has 0 aromatic heterocycles. The molecule has 2 aromatic carbocycles. The molecule has 2 aromatic rings. The third kappa shape index (κ3) is 4.89. The van der Waals surface area contributed by atoms with E-state index in [0.717, 1.165) is 28.9 Å². The molecule has 0 radical (unpaired) electrons. The summed E-state index contributed by atoms with van der Waals surface area (Å²) in [6.07, 6.45) is 2.08. The van der Waals surface area contributed by atoms with Crippen LogP contribution >= 0.6 is 11.8 Å². The van der Waals surface area contributed by atoms with E-state index in [9.17, 15) is 4.79 Å². The Morgan fingerprint density at radius 3 is 2.70 bits per heavy atom. The van der Waals surface area contributed by atoms with Gasteiger partial charge in [0.1, 0.15) is 12.3 Å². The highest BCUT2D eigenvalue weighted by Crippen LogP contribution is 2.42. The normalized spacial score (nSPS) is 25.5. The molecular weight excluding hydrogens is 398 g/mol. The molecule has 6 heteroatoms. The van der Waals surface area contributed by atoms with E-state index in [0.29, 0.717) is 19.8 Å². The fourth-order valence-corrected chi connectivity index (χ4v) is 4.42. The molecule has 0 saturated carbocycles. The number of nitrogens with zero attached hydrogens (tertiary/aromatic N) is 1. The van der Waals surface area contributed by atoms with Crippen LogP contribution in [0.1, 0.15) is 29.2 Å². The van der Waals surface area contributed by atoms with Gasteiger partial charge in [-0.1, -0.05) is 54.6 Å². The molecule has 5 nitrogen and oxygen atoms in total. The van der Waals surface area contributed by atoms with Crippen molar-refractivity contribution >= 4 is 17.7 Å². The van der Waals surface area contributed by atoms with Crippen LogP contribution in [-0.4, -0.2) is 54.4 Å². The topological polar surface area (TPSA) is 51.3 Å². The lowest BCUT2D eigenvalue weighted by atomic mass is 10.0. The molecule has 2 saturated heterocycles. The Morgan fingerprint density at radius 2 is 1.93 bits per heavy atom. The molecule has 2 aliphatic heterocycles. The van der Waals surface area contributed by atoms with Crippen LogP contribution in [0.25, 0.3) is 0 Å². The fraction of sp³-hybridized carbons (Fsp3) is 0.458. The summed E-state index contributed by atoms with van der Waals surface area (Å²) in [4.78, 5) is 15.3. The number of carbonyl (C=O) groups is 1. The number of hydrogen-bond acceptors (Lipinski definition) is 5. The zero-order valence-corrected chi connectivity index (χ0v) is 18.3. The van der Waals surface area contributed by atoms with Crippen molar-refractivity contribution in [1.82, 2.24) is 4.90 Å². The Bertz CT molecular complexity index is 846. The average Bonchev–Trinajstić information content (AvgIpc) is 3.46. The fourth-order valence-electron chi connectivity index (χ4n) is 3.99. The van der Waals surface area contributed by atoms with Gasteiger partial charge in [0.25, 0.3) is 5.91 Å². The minimum absolute atomic E-state index is 0.0140. The first-order valence-electron chi connectivity index (χ1n) is 10.4. The Hall–Kier alpha value is -1.86. The lowest BCUT2D eigenvalue weighted by molar-refractivity contribution is -0.140. The van der Waals surface area contributed by atoms with Crippen molar-refractivity contribution in [3.63, 3.8) is 0 Å². The average molecular weight is 428 g/mol. The summed E-state index contributed by atoms with van der Waals surface area (Å²) >= 11 is 1.76. The summed E-state index contributed by atoms with van der Waals surface area (Å²) in [7, 11) is 0. The van der Waals surface area contributed by atoms with E-state index in [1.165, 1.54) is 0 Å². The van der Waals surface area contributed by atoms with Gasteiger partial charge in [0.05, 0.1) is 25.9 Å². The molecule has 2 fully saturated rings. The smallest absolute Gasteiger partial charge is 0.257 e. The van der Waals surface area contributed by atoms with E-state index >= 15 is 0 Å². The number of ether oxygens (including phenoxy) is 3. The summed E-state index contributed by atoms with van der Waals surface area (Å²) in [5.74, 6) is 0.957. The highest BCUT2D eigenvalue weighted by Gasteiger charge is 2.52. The summed E-state index contributed by atoms with van der Waals surface area (Å²) in [6.45, 7) is 3.54. The number of carbonyl (C=O) groups excluding carboxylic acids is 1. The van der Waals surface area contributed by atoms with Crippen LogP contribution in [0.15, 0.2) is 54.6 Å². The van der Waals surface area contributed by atoms with Gasteiger partial charge < -0.3 is 19.1 Å². The SMILES string of the molecule is CSCC[C@@H]1OC[C@H](COCc2ccccc2)N1C(=O)[C@@H]1O[C@H]1c1ccccc1C. The molecule has 2 heterocycles. The van der Waals surface area contributed by atoms with Gasteiger partial charge in [-0.2, -0.15) is 11.8 Å². The maximum absolute atomic E-state index is 13.4. The Morgan fingerprint density at radius 1 is 1.17 bits per heavy atom. The molecular formula is C24H29NO4S. The third-order valence-corrected chi connectivity index (χ3v) is 6.30. The van der Waals surface area contributed by atoms with Crippen molar-refractivity contribution in [2.75, 3.05) is 25.2 Å². The summed E-state index contributed by atoms with van der Waals surface area (Å²) in [5, 5.41) is 0. The summed E-state index contributed by atoms with van der Waals surface area (Å²) in [5.41, 5.74) is 3.36. The standard InChI is InChI=1S/C24H29NO4S/c1-17-8-6-7-11-20(17)22-23(29-22)24(26)25-19(16-28-21(25)12-13-30-2)15-27-14-18-9-4-3-5-10-18/h3-11,19,21-23H,12-16H2,1-2H3/t19-,21-,22-,23+/m0/s1. The number of thioether (sulfide) groups is 1. The van der Waals surface area contributed by atoms with Crippen LogP contribution < -0.4 is 0 Å². The molecule has 0 unspecified atom stereocenters. The molecule has 1 amide bonds. The van der Waals surface area contributed by atoms with Gasteiger partial charge in [0, 0.05) is 6.42 Å². The van der Waals surface area contributed by atoms with Gasteiger partial charge in [0.15, 0.2) is 6.10 Å².